The molecule has 0 bridgehead atoms. The molecule has 3 aromatic rings. The Morgan fingerprint density at radius 1 is 1.14 bits per heavy atom. The van der Waals surface area contributed by atoms with Crippen molar-refractivity contribution in [3.05, 3.63) is 75.4 Å². The summed E-state index contributed by atoms with van der Waals surface area (Å²) >= 11 is 12.2. The topological polar surface area (TPSA) is 126 Å². The minimum absolute atomic E-state index is 0.141. The predicted octanol–water partition coefficient (Wildman–Crippen LogP) is 4.14. The zero-order valence-corrected chi connectivity index (χ0v) is 22.4. The Hall–Kier alpha value is -2.99. The summed E-state index contributed by atoms with van der Waals surface area (Å²) in [5, 5.41) is 8.66. The number of nitrogens with two attached hydrogens (primary N) is 1. The summed E-state index contributed by atoms with van der Waals surface area (Å²) in [5.41, 5.74) is 7.90. The van der Waals surface area contributed by atoms with E-state index < -0.39 is 22.1 Å². The fourth-order valence-electron chi connectivity index (χ4n) is 4.04. The summed E-state index contributed by atoms with van der Waals surface area (Å²) in [6.45, 7) is 3.50. The van der Waals surface area contributed by atoms with Crippen molar-refractivity contribution in [1.29, 1.82) is 5.41 Å². The summed E-state index contributed by atoms with van der Waals surface area (Å²) in [4.78, 5) is 9.97. The molecule has 0 spiro atoms. The molecule has 1 atom stereocenters. The van der Waals surface area contributed by atoms with Crippen LogP contribution in [0.5, 0.6) is 5.75 Å². The largest absolute Gasteiger partial charge is 0.486 e. The number of nitrogens with zero attached hydrogens (tertiary/aromatic N) is 4. The van der Waals surface area contributed by atoms with E-state index in [-0.39, 0.29) is 21.3 Å². The van der Waals surface area contributed by atoms with E-state index in [0.717, 1.165) is 0 Å². The molecule has 13 heteroatoms. The van der Waals surface area contributed by atoms with E-state index in [0.29, 0.717) is 54.6 Å². The Morgan fingerprint density at radius 2 is 1.84 bits per heavy atom. The molecule has 196 valence electrons. The molecule has 9 nitrogen and oxygen atoms in total. The van der Waals surface area contributed by atoms with E-state index in [4.69, 9.17) is 39.1 Å². The quantitative estimate of drug-likeness (QED) is 0.250. The van der Waals surface area contributed by atoms with E-state index in [1.165, 1.54) is 16.8 Å². The number of nitrogen functional groups attached to an aromatic ring is 1. The summed E-state index contributed by atoms with van der Waals surface area (Å²) in [5.74, 6) is 0.241. The number of pyridine rings is 2. The highest BCUT2D eigenvalue weighted by Gasteiger charge is 2.24. The monoisotopic (exact) mass is 566 g/mol. The number of hydrogen-bond acceptors (Lipinski definition) is 8. The number of hydrogen-bond donors (Lipinski definition) is 2. The first-order valence-electron chi connectivity index (χ1n) is 11.3. The van der Waals surface area contributed by atoms with E-state index in [2.05, 4.69) is 9.97 Å². The minimum Gasteiger partial charge on any atom is -0.486 e. The lowest BCUT2D eigenvalue weighted by Gasteiger charge is -2.34. The maximum absolute atomic E-state index is 13.8. The Morgan fingerprint density at radius 3 is 2.46 bits per heavy atom. The van der Waals surface area contributed by atoms with E-state index in [9.17, 15) is 12.8 Å². The van der Waals surface area contributed by atoms with Gasteiger partial charge in [0.25, 0.3) is 0 Å². The van der Waals surface area contributed by atoms with Crippen LogP contribution in [0.3, 0.4) is 0 Å². The number of sulfonamides is 1. The van der Waals surface area contributed by atoms with Crippen LogP contribution < -0.4 is 15.4 Å². The van der Waals surface area contributed by atoms with E-state index in [1.54, 1.807) is 43.5 Å². The molecule has 2 aromatic heterocycles. The Labute approximate surface area is 224 Å². The average molecular weight is 567 g/mol. The van der Waals surface area contributed by atoms with Gasteiger partial charge in [-0.1, -0.05) is 23.2 Å². The van der Waals surface area contributed by atoms with Gasteiger partial charge in [0.15, 0.2) is 0 Å². The molecule has 1 aromatic carbocycles. The fourth-order valence-corrected chi connectivity index (χ4v) is 5.52. The van der Waals surface area contributed by atoms with Gasteiger partial charge in [0, 0.05) is 61.0 Å². The molecule has 0 amide bonds. The summed E-state index contributed by atoms with van der Waals surface area (Å²) < 4.78 is 44.7. The number of ether oxygens (including phenoxy) is 1. The molecule has 1 aliphatic heterocycles. The second-order valence-electron chi connectivity index (χ2n) is 8.56. The number of aromatic nitrogens is 2. The second kappa shape index (κ2) is 10.8. The van der Waals surface area contributed by atoms with Gasteiger partial charge in [-0.3, -0.25) is 5.41 Å². The van der Waals surface area contributed by atoms with Crippen LogP contribution in [0.1, 0.15) is 29.7 Å². The van der Waals surface area contributed by atoms with Crippen molar-refractivity contribution in [1.82, 2.24) is 14.3 Å². The normalized spacial score (nSPS) is 15.4. The maximum atomic E-state index is 13.8. The molecular weight excluding hydrogens is 542 g/mol. The highest BCUT2D eigenvalue weighted by molar-refractivity contribution is 7.88. The SMILES string of the molecule is C[C@H](Oc1ccc(N)c(C(=N)c2ccc(N3CCN(S(C)(=O)=O)CC3)nc2)c1)c1c(Cl)cnc(F)c1Cl. The van der Waals surface area contributed by atoms with Crippen LogP contribution in [-0.2, 0) is 10.0 Å². The van der Waals surface area contributed by atoms with Crippen LogP contribution in [0.2, 0.25) is 10.0 Å². The summed E-state index contributed by atoms with van der Waals surface area (Å²) in [6.07, 6.45) is 3.25. The van der Waals surface area contributed by atoms with Crippen LogP contribution in [0, 0.1) is 11.4 Å². The van der Waals surface area contributed by atoms with Crippen molar-refractivity contribution in [2.24, 2.45) is 0 Å². The number of benzene rings is 1. The smallest absolute Gasteiger partial charge is 0.232 e. The highest BCUT2D eigenvalue weighted by atomic mass is 35.5. The van der Waals surface area contributed by atoms with Gasteiger partial charge < -0.3 is 15.4 Å². The molecule has 3 N–H and O–H groups in total. The van der Waals surface area contributed by atoms with Crippen molar-refractivity contribution in [2.75, 3.05) is 43.1 Å². The molecular formula is C24H25Cl2FN6O3S. The molecule has 1 aliphatic rings. The Kier molecular flexibility index (Phi) is 7.88. The molecule has 0 saturated carbocycles. The van der Waals surface area contributed by atoms with Crippen molar-refractivity contribution in [3.8, 4) is 5.75 Å². The predicted molar refractivity (Wildman–Crippen MR) is 143 cm³/mol. The number of piperazine rings is 1. The van der Waals surface area contributed by atoms with Gasteiger partial charge in [-0.15, -0.1) is 0 Å². The van der Waals surface area contributed by atoms with E-state index in [1.807, 2.05) is 4.90 Å². The van der Waals surface area contributed by atoms with Gasteiger partial charge in [0.05, 0.1) is 17.0 Å². The molecule has 0 aliphatic carbocycles. The standard InChI is InChI=1S/C24H25Cl2FN6O3S/c1-14(21-18(25)13-31-24(27)22(21)26)36-16-4-5-19(28)17(11-16)23(29)15-3-6-20(30-12-15)32-7-9-33(10-8-32)37(2,34)35/h3-6,11-14,29H,7-10,28H2,1-2H3/t14-/m0/s1. The van der Waals surface area contributed by atoms with Gasteiger partial charge in [-0.05, 0) is 37.3 Å². The second-order valence-corrected chi connectivity index (χ2v) is 11.3. The highest BCUT2D eigenvalue weighted by Crippen LogP contribution is 2.34. The first-order valence-corrected chi connectivity index (χ1v) is 13.9. The van der Waals surface area contributed by atoms with Crippen LogP contribution >= 0.6 is 23.2 Å². The number of anilines is 2. The zero-order chi connectivity index (χ0) is 26.9. The fraction of sp³-hybridized carbons (Fsp3) is 0.292. The van der Waals surface area contributed by atoms with Crippen LogP contribution in [0.15, 0.2) is 42.7 Å². The zero-order valence-electron chi connectivity index (χ0n) is 20.1. The van der Waals surface area contributed by atoms with Gasteiger partial charge in [-0.25, -0.2) is 18.4 Å². The minimum atomic E-state index is -3.21. The lowest BCUT2D eigenvalue weighted by atomic mass is 10.0. The van der Waals surface area contributed by atoms with Crippen LogP contribution in [0.4, 0.5) is 15.9 Å². The maximum Gasteiger partial charge on any atom is 0.232 e. The third kappa shape index (κ3) is 5.96. The van der Waals surface area contributed by atoms with Crippen molar-refractivity contribution in [3.63, 3.8) is 0 Å². The molecule has 4 rings (SSSR count). The number of nitrogens with one attached hydrogen (secondary N) is 1. The first-order chi connectivity index (χ1) is 17.5. The summed E-state index contributed by atoms with van der Waals surface area (Å²) in [7, 11) is -3.21. The lowest BCUT2D eigenvalue weighted by Crippen LogP contribution is -2.48. The van der Waals surface area contributed by atoms with Crippen molar-refractivity contribution < 1.29 is 17.5 Å². The van der Waals surface area contributed by atoms with Crippen molar-refractivity contribution >= 4 is 50.4 Å². The molecule has 37 heavy (non-hydrogen) atoms. The van der Waals surface area contributed by atoms with Gasteiger partial charge in [-0.2, -0.15) is 8.70 Å². The lowest BCUT2D eigenvalue weighted by molar-refractivity contribution is 0.226. The Balaban J connectivity index is 1.49. The Bertz CT molecular complexity index is 1430. The summed E-state index contributed by atoms with van der Waals surface area (Å²) in [6, 6.07) is 8.43. The van der Waals surface area contributed by atoms with Crippen molar-refractivity contribution in [2.45, 2.75) is 13.0 Å². The molecule has 0 unspecified atom stereocenters. The van der Waals surface area contributed by atoms with Gasteiger partial charge >= 0.3 is 0 Å². The molecule has 0 radical (unpaired) electrons. The molecule has 1 fully saturated rings. The van der Waals surface area contributed by atoms with Gasteiger partial charge in [0.2, 0.25) is 16.0 Å². The van der Waals surface area contributed by atoms with Crippen LogP contribution in [0.25, 0.3) is 0 Å². The van der Waals surface area contributed by atoms with Gasteiger partial charge in [0.1, 0.15) is 22.7 Å². The third-order valence-corrected chi connectivity index (χ3v) is 8.01. The van der Waals surface area contributed by atoms with E-state index >= 15 is 0 Å². The molecule has 3 heterocycles. The average Bonchev–Trinajstić information content (AvgIpc) is 2.87. The number of rotatable bonds is 7. The molecule has 1 saturated heterocycles. The number of halogens is 3. The third-order valence-electron chi connectivity index (χ3n) is 6.05. The first kappa shape index (κ1) is 27.1. The van der Waals surface area contributed by atoms with Crippen LogP contribution in [-0.4, -0.2) is 60.8 Å².